The van der Waals surface area contributed by atoms with Gasteiger partial charge in [-0.3, -0.25) is 19.6 Å². The Balaban J connectivity index is 1.55. The van der Waals surface area contributed by atoms with Crippen LogP contribution in [0.1, 0.15) is 78.5 Å². The quantitative estimate of drug-likeness (QED) is 0.190. The van der Waals surface area contributed by atoms with Crippen LogP contribution in [-0.4, -0.2) is 100 Å². The molecular formula is C43H59N5O10. The van der Waals surface area contributed by atoms with Crippen molar-refractivity contribution in [2.24, 2.45) is 39.4 Å². The minimum atomic E-state index is -1.54. The lowest BCUT2D eigenvalue weighted by molar-refractivity contribution is -0.160. The minimum Gasteiger partial charge on any atom is -0.507 e. The van der Waals surface area contributed by atoms with Crippen LogP contribution in [0.5, 0.6) is 17.2 Å². The second kappa shape index (κ2) is 16.3. The number of phenolic OH excluding ortho intramolecular Hbond substituents is 2. The maximum Gasteiger partial charge on any atom is 0.302 e. The largest absolute Gasteiger partial charge is 0.507 e. The number of carbonyl (C=O) groups excluding carboxylic acids is 2. The molecule has 7 N–H and O–H groups in total. The molecule has 4 bridgehead atoms. The zero-order valence-corrected chi connectivity index (χ0v) is 35.1. The molecule has 2 aromatic rings. The standard InChI is InChI=1S/C43H59N5O10/c1-20-12-11-13-21(2)41(54)45-33-32-31(46-43(47-32)15-17-48(9)18-16-43)28-29(37(33)53)36(52)25(6)39-30(28)40(44)42(8,58-39)56-19-14-27(55-10)22(3)38(57-26(7)49)24(5)35(51)23(4)34(20)50/h11-14,19-20,22-24,27,34-35,38,40,50-53H,15-18,44H2,1-10H3,(H,45,54)/b12-11+,19-14+,21-13-/t20-,22+,23+,24+,27-,34-,35+,38+,40?,42-/m0/s1. The van der Waals surface area contributed by atoms with E-state index in [0.29, 0.717) is 34.7 Å². The summed E-state index contributed by atoms with van der Waals surface area (Å²) < 4.78 is 24.4. The summed E-state index contributed by atoms with van der Waals surface area (Å²) in [6.45, 7) is 14.8. The molecule has 1 amide bonds. The summed E-state index contributed by atoms with van der Waals surface area (Å²) in [6.07, 6.45) is 5.57. The van der Waals surface area contributed by atoms with Gasteiger partial charge >= 0.3 is 5.97 Å². The number of methoxy groups -OCH3 is 1. The maximum absolute atomic E-state index is 13.8. The molecule has 1 fully saturated rings. The number of rotatable bonds is 2. The number of allylic oxidation sites excluding steroid dienone is 2. The number of phenols is 2. The van der Waals surface area contributed by atoms with Crippen molar-refractivity contribution in [1.29, 1.82) is 0 Å². The molecule has 58 heavy (non-hydrogen) atoms. The molecule has 4 aliphatic heterocycles. The van der Waals surface area contributed by atoms with E-state index in [2.05, 4.69) is 10.2 Å². The highest BCUT2D eigenvalue weighted by atomic mass is 16.7. The first-order valence-electron chi connectivity index (χ1n) is 20.0. The molecule has 2 aromatic carbocycles. The van der Waals surface area contributed by atoms with E-state index in [-0.39, 0.29) is 33.5 Å². The zero-order chi connectivity index (χ0) is 42.6. The number of ether oxygens (including phenoxy) is 4. The third-order valence-electron chi connectivity index (χ3n) is 12.7. The average molecular weight is 806 g/mol. The molecule has 4 aliphatic rings. The first-order valence-corrected chi connectivity index (χ1v) is 20.0. The lowest BCUT2D eigenvalue weighted by atomic mass is 9.78. The van der Waals surface area contributed by atoms with E-state index in [1.165, 1.54) is 20.3 Å². The molecule has 0 aliphatic carbocycles. The highest BCUT2D eigenvalue weighted by Gasteiger charge is 2.49. The smallest absolute Gasteiger partial charge is 0.302 e. The lowest BCUT2D eigenvalue weighted by Crippen LogP contribution is -2.46. The minimum absolute atomic E-state index is 0.00910. The predicted molar refractivity (Wildman–Crippen MR) is 217 cm³/mol. The summed E-state index contributed by atoms with van der Waals surface area (Å²) >= 11 is 0. The van der Waals surface area contributed by atoms with Gasteiger partial charge in [-0.15, -0.1) is 0 Å². The van der Waals surface area contributed by atoms with Gasteiger partial charge in [0, 0.05) is 92.6 Å². The third-order valence-corrected chi connectivity index (χ3v) is 12.7. The van der Waals surface area contributed by atoms with E-state index in [0.717, 1.165) is 13.1 Å². The number of benzene rings is 2. The van der Waals surface area contributed by atoms with E-state index < -0.39 is 83.2 Å². The van der Waals surface area contributed by atoms with Crippen LogP contribution in [0, 0.1) is 30.6 Å². The van der Waals surface area contributed by atoms with E-state index in [9.17, 15) is 30.0 Å². The number of aliphatic hydroxyl groups is 2. The van der Waals surface area contributed by atoms with Crippen molar-refractivity contribution in [1.82, 2.24) is 4.90 Å². The third kappa shape index (κ3) is 7.58. The molecule has 1 spiro atoms. The van der Waals surface area contributed by atoms with Crippen molar-refractivity contribution < 1.29 is 49.0 Å². The number of likely N-dealkylation sites (tertiary alicyclic amines) is 1. The topological polar surface area (TPSA) is 218 Å². The normalized spacial score (nSPS) is 34.9. The Labute approximate surface area is 338 Å². The van der Waals surface area contributed by atoms with E-state index >= 15 is 0 Å². The lowest BCUT2D eigenvalue weighted by Gasteiger charge is -2.38. The molecule has 6 rings (SSSR count). The van der Waals surface area contributed by atoms with Crippen LogP contribution in [0.3, 0.4) is 0 Å². The number of amides is 1. The van der Waals surface area contributed by atoms with Crippen LogP contribution in [0.25, 0.3) is 10.8 Å². The number of nitrogens with zero attached hydrogens (tertiary/aromatic N) is 3. The fraction of sp³-hybridized carbons (Fsp3) is 0.581. The van der Waals surface area contributed by atoms with Crippen molar-refractivity contribution in [3.8, 4) is 17.2 Å². The van der Waals surface area contributed by atoms with Crippen molar-refractivity contribution in [3.05, 3.63) is 58.0 Å². The van der Waals surface area contributed by atoms with Crippen LogP contribution in [-0.2, 0) is 23.8 Å². The Bertz CT molecular complexity index is 2180. The molecular weight excluding hydrogens is 746 g/mol. The average Bonchev–Trinajstić information content (AvgIpc) is 3.69. The van der Waals surface area contributed by atoms with Crippen molar-refractivity contribution in [2.45, 2.75) is 110 Å². The summed E-state index contributed by atoms with van der Waals surface area (Å²) in [4.78, 5) is 38.7. The van der Waals surface area contributed by atoms with Gasteiger partial charge in [-0.05, 0) is 27.0 Å². The number of hydrogen-bond acceptors (Lipinski definition) is 14. The fourth-order valence-electron chi connectivity index (χ4n) is 8.77. The zero-order valence-electron chi connectivity index (χ0n) is 35.1. The van der Waals surface area contributed by atoms with E-state index in [1.807, 2.05) is 14.0 Å². The molecule has 15 heteroatoms. The Morgan fingerprint density at radius 2 is 1.64 bits per heavy atom. The van der Waals surface area contributed by atoms with Gasteiger partial charge in [0.05, 0.1) is 35.3 Å². The monoisotopic (exact) mass is 805 g/mol. The Morgan fingerprint density at radius 1 is 0.983 bits per heavy atom. The first kappa shape index (κ1) is 43.0. The number of carbonyl (C=O) groups is 2. The van der Waals surface area contributed by atoms with Gasteiger partial charge in [0.1, 0.15) is 34.7 Å². The van der Waals surface area contributed by atoms with Crippen LogP contribution in [0.4, 0.5) is 5.69 Å². The van der Waals surface area contributed by atoms with Crippen molar-refractivity contribution in [2.75, 3.05) is 32.6 Å². The molecule has 0 saturated carbocycles. The van der Waals surface area contributed by atoms with Crippen LogP contribution in [0.2, 0.25) is 0 Å². The van der Waals surface area contributed by atoms with E-state index in [4.69, 9.17) is 34.7 Å². The summed E-state index contributed by atoms with van der Waals surface area (Å²) in [7, 11) is 3.53. The number of hydrogen-bond donors (Lipinski definition) is 6. The first-order chi connectivity index (χ1) is 27.3. The highest BCUT2D eigenvalue weighted by Crippen LogP contribution is 2.53. The summed E-state index contributed by atoms with van der Waals surface area (Å²) in [5.41, 5.74) is 7.20. The molecule has 10 atom stereocenters. The summed E-state index contributed by atoms with van der Waals surface area (Å²) in [5, 5.41) is 50.7. The van der Waals surface area contributed by atoms with E-state index in [1.54, 1.807) is 65.8 Å². The molecule has 316 valence electrons. The van der Waals surface area contributed by atoms with Gasteiger partial charge in [0.15, 0.2) is 11.4 Å². The number of fused-ring (bicyclic) bond motifs is 1. The highest BCUT2D eigenvalue weighted by molar-refractivity contribution is 6.08. The molecule has 0 aromatic heterocycles. The van der Waals surface area contributed by atoms with Gasteiger partial charge < -0.3 is 55.3 Å². The van der Waals surface area contributed by atoms with Crippen molar-refractivity contribution in [3.63, 3.8) is 0 Å². The summed E-state index contributed by atoms with van der Waals surface area (Å²) in [5.74, 6) is -5.26. The number of esters is 1. The number of aliphatic hydroxyl groups excluding tert-OH is 2. The molecule has 1 saturated heterocycles. The second-order valence-electron chi connectivity index (χ2n) is 16.8. The molecule has 4 heterocycles. The SMILES string of the molecule is CO[C@H]1/C=C/O[C@@]2(C)Oc3c(C)c(O)c4c(O)c(c5c(c4c3C2N)=NC2(CCN(C)CC2)N=5)NC(=O)/C(C)=C\C=C\[C@H](C)[C@H](O)[C@@H](C)[C@@H](O)[C@@H](C)[C@H](OC(C)=O)[C@@H]1C. The van der Waals surface area contributed by atoms with Gasteiger partial charge in [-0.25, -0.2) is 0 Å². The van der Waals surface area contributed by atoms with Crippen LogP contribution in [0.15, 0.2) is 46.1 Å². The number of piperidine rings is 1. The van der Waals surface area contributed by atoms with Gasteiger partial charge in [0.2, 0.25) is 0 Å². The number of aromatic hydroxyl groups is 2. The Morgan fingerprint density at radius 3 is 2.28 bits per heavy atom. The number of anilines is 1. The number of nitrogens with two attached hydrogens (primary N) is 1. The van der Waals surface area contributed by atoms with Gasteiger partial charge in [-0.1, -0.05) is 45.9 Å². The predicted octanol–water partition coefficient (Wildman–Crippen LogP) is 3.54. The van der Waals surface area contributed by atoms with Crippen molar-refractivity contribution >= 4 is 28.3 Å². The van der Waals surface area contributed by atoms with Gasteiger partial charge in [0.25, 0.3) is 11.7 Å². The second-order valence-corrected chi connectivity index (χ2v) is 16.8. The maximum atomic E-state index is 13.8. The fourth-order valence-corrected chi connectivity index (χ4v) is 8.77. The van der Waals surface area contributed by atoms with Crippen LogP contribution >= 0.6 is 0 Å². The van der Waals surface area contributed by atoms with Gasteiger partial charge in [-0.2, -0.15) is 0 Å². The van der Waals surface area contributed by atoms with Crippen LogP contribution < -0.4 is 26.5 Å². The number of nitrogens with one attached hydrogen (secondary N) is 1. The molecule has 1 unspecified atom stereocenters. The summed E-state index contributed by atoms with van der Waals surface area (Å²) in [6, 6.07) is -0.984. The Hall–Kier alpha value is -4.54. The Kier molecular flexibility index (Phi) is 12.1. The molecule has 0 radical (unpaired) electrons. The molecule has 15 nitrogen and oxygen atoms in total.